The Balaban J connectivity index is 2.23. The molecule has 0 saturated heterocycles. The van der Waals surface area contributed by atoms with Gasteiger partial charge < -0.3 is 9.88 Å². The van der Waals surface area contributed by atoms with Crippen molar-refractivity contribution in [1.29, 1.82) is 5.26 Å². The van der Waals surface area contributed by atoms with Crippen LogP contribution in [0, 0.1) is 11.3 Å². The standard InChI is InChI=1S/C16H12F3N3O/c1-22-7-3-6-14(22)8-11(10-20)15(23)21-13-5-2-4-12(9-13)16(17,18)19/h2-9H,1H3,(H,21,23)/b11-8-. The molecule has 1 amide bonds. The fourth-order valence-corrected chi connectivity index (χ4v) is 1.89. The molecule has 0 unspecified atom stereocenters. The number of nitriles is 1. The summed E-state index contributed by atoms with van der Waals surface area (Å²) in [7, 11) is 1.74. The number of carbonyl (C=O) groups is 1. The normalized spacial score (nSPS) is 11.9. The fourth-order valence-electron chi connectivity index (χ4n) is 1.89. The first-order valence-corrected chi connectivity index (χ1v) is 6.53. The maximum absolute atomic E-state index is 12.6. The molecule has 0 aliphatic carbocycles. The summed E-state index contributed by atoms with van der Waals surface area (Å²) in [5, 5.41) is 11.4. The first kappa shape index (κ1) is 16.4. The van der Waals surface area contributed by atoms with Gasteiger partial charge in [0.25, 0.3) is 5.91 Å². The zero-order valence-electron chi connectivity index (χ0n) is 12.1. The van der Waals surface area contributed by atoms with Gasteiger partial charge in [0, 0.05) is 24.6 Å². The van der Waals surface area contributed by atoms with Crippen LogP contribution in [-0.4, -0.2) is 10.5 Å². The number of nitrogens with zero attached hydrogens (tertiary/aromatic N) is 2. The lowest BCUT2D eigenvalue weighted by molar-refractivity contribution is -0.137. The minimum absolute atomic E-state index is 0.0298. The van der Waals surface area contributed by atoms with Crippen LogP contribution in [-0.2, 0) is 18.0 Å². The molecule has 0 spiro atoms. The van der Waals surface area contributed by atoms with Crippen molar-refractivity contribution < 1.29 is 18.0 Å². The molecule has 0 bridgehead atoms. The van der Waals surface area contributed by atoms with Crippen molar-refractivity contribution in [3.05, 3.63) is 59.4 Å². The molecule has 0 saturated carbocycles. The molecule has 0 radical (unpaired) electrons. The van der Waals surface area contributed by atoms with E-state index in [1.165, 1.54) is 18.2 Å². The Hall–Kier alpha value is -3.01. The number of amides is 1. The largest absolute Gasteiger partial charge is 0.416 e. The molecular weight excluding hydrogens is 307 g/mol. The summed E-state index contributed by atoms with van der Waals surface area (Å²) in [5.41, 5.74) is -0.483. The van der Waals surface area contributed by atoms with Gasteiger partial charge in [-0.25, -0.2) is 0 Å². The van der Waals surface area contributed by atoms with Crippen LogP contribution < -0.4 is 5.32 Å². The van der Waals surface area contributed by atoms with Crippen LogP contribution in [0.2, 0.25) is 0 Å². The number of carbonyl (C=O) groups excluding carboxylic acids is 1. The predicted octanol–water partition coefficient (Wildman–Crippen LogP) is 3.59. The first-order chi connectivity index (χ1) is 10.8. The van der Waals surface area contributed by atoms with Gasteiger partial charge in [-0.3, -0.25) is 4.79 Å². The van der Waals surface area contributed by atoms with Gasteiger partial charge >= 0.3 is 6.18 Å². The monoisotopic (exact) mass is 319 g/mol. The fraction of sp³-hybridized carbons (Fsp3) is 0.125. The van der Waals surface area contributed by atoms with Gasteiger partial charge in [0.15, 0.2) is 0 Å². The number of rotatable bonds is 3. The molecular formula is C16H12F3N3O. The third kappa shape index (κ3) is 4.01. The van der Waals surface area contributed by atoms with Crippen molar-refractivity contribution in [2.45, 2.75) is 6.18 Å². The van der Waals surface area contributed by atoms with E-state index in [0.717, 1.165) is 12.1 Å². The second kappa shape index (κ2) is 6.40. The molecule has 1 aromatic heterocycles. The van der Waals surface area contributed by atoms with E-state index >= 15 is 0 Å². The van der Waals surface area contributed by atoms with E-state index < -0.39 is 17.6 Å². The van der Waals surface area contributed by atoms with Crippen molar-refractivity contribution in [2.24, 2.45) is 7.05 Å². The minimum atomic E-state index is -4.50. The highest BCUT2D eigenvalue weighted by Crippen LogP contribution is 2.30. The van der Waals surface area contributed by atoms with Crippen LogP contribution in [0.25, 0.3) is 6.08 Å². The number of halogens is 3. The molecule has 23 heavy (non-hydrogen) atoms. The smallest absolute Gasteiger partial charge is 0.351 e. The number of benzene rings is 1. The lowest BCUT2D eigenvalue weighted by Crippen LogP contribution is -2.14. The molecule has 0 atom stereocenters. The Bertz CT molecular complexity index is 797. The van der Waals surface area contributed by atoms with E-state index in [9.17, 15) is 18.0 Å². The molecule has 0 aliphatic rings. The maximum Gasteiger partial charge on any atom is 0.416 e. The van der Waals surface area contributed by atoms with E-state index in [2.05, 4.69) is 5.32 Å². The molecule has 2 aromatic rings. The molecule has 4 nitrogen and oxygen atoms in total. The highest BCUT2D eigenvalue weighted by molar-refractivity contribution is 6.09. The number of hydrogen-bond donors (Lipinski definition) is 1. The van der Waals surface area contributed by atoms with Gasteiger partial charge in [0.2, 0.25) is 0 Å². The third-order valence-electron chi connectivity index (χ3n) is 3.09. The van der Waals surface area contributed by atoms with Gasteiger partial charge in [-0.05, 0) is 36.4 Å². The van der Waals surface area contributed by atoms with Gasteiger partial charge in [0.05, 0.1) is 5.56 Å². The molecule has 0 aliphatic heterocycles. The van der Waals surface area contributed by atoms with Crippen LogP contribution in [0.1, 0.15) is 11.3 Å². The first-order valence-electron chi connectivity index (χ1n) is 6.53. The van der Waals surface area contributed by atoms with E-state index in [0.29, 0.717) is 5.69 Å². The number of hydrogen-bond acceptors (Lipinski definition) is 2. The van der Waals surface area contributed by atoms with Crippen molar-refractivity contribution in [3.63, 3.8) is 0 Å². The summed E-state index contributed by atoms with van der Waals surface area (Å²) >= 11 is 0. The topological polar surface area (TPSA) is 57.8 Å². The van der Waals surface area contributed by atoms with E-state index in [-0.39, 0.29) is 11.3 Å². The van der Waals surface area contributed by atoms with Gasteiger partial charge in [-0.2, -0.15) is 18.4 Å². The minimum Gasteiger partial charge on any atom is -0.351 e. The molecule has 118 valence electrons. The zero-order chi connectivity index (χ0) is 17.0. The van der Waals surface area contributed by atoms with Crippen molar-refractivity contribution in [2.75, 3.05) is 5.32 Å². The summed E-state index contributed by atoms with van der Waals surface area (Å²) < 4.78 is 39.6. The lowest BCUT2D eigenvalue weighted by atomic mass is 10.1. The van der Waals surface area contributed by atoms with Crippen LogP contribution in [0.3, 0.4) is 0 Å². The Kier molecular flexibility index (Phi) is 4.55. The summed E-state index contributed by atoms with van der Waals surface area (Å²) in [5.74, 6) is -0.770. The molecule has 1 aromatic carbocycles. The van der Waals surface area contributed by atoms with E-state index in [1.54, 1.807) is 36.0 Å². The van der Waals surface area contributed by atoms with Crippen LogP contribution >= 0.6 is 0 Å². The molecule has 1 heterocycles. The average Bonchev–Trinajstić information content (AvgIpc) is 2.89. The highest BCUT2D eigenvalue weighted by atomic mass is 19.4. The molecule has 0 fully saturated rings. The highest BCUT2D eigenvalue weighted by Gasteiger charge is 2.30. The van der Waals surface area contributed by atoms with E-state index in [4.69, 9.17) is 5.26 Å². The van der Waals surface area contributed by atoms with Gasteiger partial charge in [0.1, 0.15) is 11.6 Å². The number of nitrogens with one attached hydrogen (secondary N) is 1. The van der Waals surface area contributed by atoms with E-state index in [1.807, 2.05) is 0 Å². The van der Waals surface area contributed by atoms with Gasteiger partial charge in [-0.1, -0.05) is 6.07 Å². The van der Waals surface area contributed by atoms with Gasteiger partial charge in [-0.15, -0.1) is 0 Å². The third-order valence-corrected chi connectivity index (χ3v) is 3.09. The lowest BCUT2D eigenvalue weighted by Gasteiger charge is -2.09. The predicted molar refractivity (Wildman–Crippen MR) is 79.1 cm³/mol. The Labute approximate surface area is 130 Å². The molecule has 2 rings (SSSR count). The average molecular weight is 319 g/mol. The number of aromatic nitrogens is 1. The summed E-state index contributed by atoms with van der Waals surface area (Å²) in [4.78, 5) is 12.0. The summed E-state index contributed by atoms with van der Waals surface area (Å²) in [6.07, 6.45) is -1.40. The number of aryl methyl sites for hydroxylation is 1. The van der Waals surface area contributed by atoms with Crippen LogP contribution in [0.4, 0.5) is 18.9 Å². The van der Waals surface area contributed by atoms with Crippen molar-refractivity contribution >= 4 is 17.7 Å². The zero-order valence-corrected chi connectivity index (χ0v) is 12.1. The molecule has 1 N–H and O–H groups in total. The quantitative estimate of drug-likeness (QED) is 0.694. The number of anilines is 1. The van der Waals surface area contributed by atoms with Crippen molar-refractivity contribution in [1.82, 2.24) is 4.57 Å². The SMILES string of the molecule is Cn1cccc1/C=C(/C#N)C(=O)Nc1cccc(C(F)(F)F)c1. The van der Waals surface area contributed by atoms with Crippen LogP contribution in [0.5, 0.6) is 0 Å². The molecule has 7 heteroatoms. The Morgan fingerprint density at radius 1 is 1.30 bits per heavy atom. The summed E-state index contributed by atoms with van der Waals surface area (Å²) in [6.45, 7) is 0. The second-order valence-corrected chi connectivity index (χ2v) is 4.75. The maximum atomic E-state index is 12.6. The van der Waals surface area contributed by atoms with Crippen LogP contribution in [0.15, 0.2) is 48.2 Å². The Morgan fingerprint density at radius 2 is 2.04 bits per heavy atom. The second-order valence-electron chi connectivity index (χ2n) is 4.75. The summed E-state index contributed by atoms with van der Waals surface area (Å²) in [6, 6.07) is 9.42. The number of alkyl halides is 3. The van der Waals surface area contributed by atoms with Crippen molar-refractivity contribution in [3.8, 4) is 6.07 Å². The Morgan fingerprint density at radius 3 is 2.61 bits per heavy atom.